The number of benzene rings is 1. The van der Waals surface area contributed by atoms with Crippen LogP contribution in [0.3, 0.4) is 0 Å². The minimum absolute atomic E-state index is 0.0411. The van der Waals surface area contributed by atoms with Crippen LogP contribution in [0.4, 0.5) is 0 Å². The molecule has 0 bridgehead atoms. The molecule has 0 saturated carbocycles. The molecule has 23 heavy (non-hydrogen) atoms. The average molecular weight is 386 g/mol. The summed E-state index contributed by atoms with van der Waals surface area (Å²) in [5.74, 6) is 2.29. The molecule has 0 aliphatic heterocycles. The van der Waals surface area contributed by atoms with E-state index in [2.05, 4.69) is 53.6 Å². The highest BCUT2D eigenvalue weighted by Gasteiger charge is 2.07. The van der Waals surface area contributed by atoms with Crippen molar-refractivity contribution in [1.82, 2.24) is 15.5 Å². The molecule has 1 heterocycles. The number of hydrogen-bond donors (Lipinski definition) is 1. The van der Waals surface area contributed by atoms with Gasteiger partial charge >= 0.3 is 0 Å². The Morgan fingerprint density at radius 2 is 1.83 bits per heavy atom. The number of aryl methyl sites for hydroxylation is 1. The Labute approximate surface area is 153 Å². The maximum atomic E-state index is 11.8. The second-order valence-electron chi connectivity index (χ2n) is 4.57. The third kappa shape index (κ3) is 7.15. The molecule has 4 nitrogen and oxygen atoms in total. The minimum Gasteiger partial charge on any atom is -0.355 e. The highest BCUT2D eigenvalue weighted by Crippen LogP contribution is 2.28. The van der Waals surface area contributed by atoms with Gasteiger partial charge in [-0.2, -0.15) is 0 Å². The summed E-state index contributed by atoms with van der Waals surface area (Å²) in [5.41, 5.74) is 1.26. The van der Waals surface area contributed by atoms with E-state index in [-0.39, 0.29) is 5.91 Å². The lowest BCUT2D eigenvalue weighted by molar-refractivity contribution is -0.118. The fraction of sp³-hybridized carbons (Fsp3) is 0.400. The first-order valence-electron chi connectivity index (χ1n) is 7.22. The molecular formula is C15H19N3OS4. The molecule has 0 radical (unpaired) electrons. The number of carbonyl (C=O) groups is 1. The first kappa shape index (κ1) is 18.6. The van der Waals surface area contributed by atoms with Gasteiger partial charge in [0.25, 0.3) is 0 Å². The van der Waals surface area contributed by atoms with Gasteiger partial charge in [0.15, 0.2) is 8.68 Å². The van der Waals surface area contributed by atoms with E-state index in [1.165, 1.54) is 22.2 Å². The van der Waals surface area contributed by atoms with Gasteiger partial charge in [0.2, 0.25) is 5.91 Å². The average Bonchev–Trinajstić information content (AvgIpc) is 2.99. The summed E-state index contributed by atoms with van der Waals surface area (Å²) in [5, 5.41) is 11.1. The van der Waals surface area contributed by atoms with Crippen molar-refractivity contribution in [2.75, 3.05) is 23.8 Å². The Kier molecular flexibility index (Phi) is 8.28. The molecule has 0 spiro atoms. The van der Waals surface area contributed by atoms with Gasteiger partial charge in [-0.3, -0.25) is 4.79 Å². The van der Waals surface area contributed by atoms with Crippen molar-refractivity contribution in [3.05, 3.63) is 29.8 Å². The second kappa shape index (κ2) is 10.2. The summed E-state index contributed by atoms with van der Waals surface area (Å²) < 4.78 is 1.81. The summed E-state index contributed by atoms with van der Waals surface area (Å²) in [7, 11) is 0. The van der Waals surface area contributed by atoms with Crippen molar-refractivity contribution < 1.29 is 4.79 Å². The van der Waals surface area contributed by atoms with E-state index in [9.17, 15) is 4.79 Å². The van der Waals surface area contributed by atoms with Gasteiger partial charge in [-0.25, -0.2) is 0 Å². The summed E-state index contributed by atoms with van der Waals surface area (Å²) in [4.78, 5) is 13.0. The molecule has 1 N–H and O–H groups in total. The van der Waals surface area contributed by atoms with Crippen molar-refractivity contribution in [3.8, 4) is 0 Å². The van der Waals surface area contributed by atoms with Crippen LogP contribution in [-0.4, -0.2) is 39.9 Å². The first-order chi connectivity index (χ1) is 11.2. The zero-order valence-corrected chi connectivity index (χ0v) is 16.3. The normalized spacial score (nSPS) is 10.7. The lowest BCUT2D eigenvalue weighted by Gasteiger charge is -2.04. The molecule has 0 unspecified atom stereocenters. The van der Waals surface area contributed by atoms with Crippen LogP contribution in [0.2, 0.25) is 0 Å². The van der Waals surface area contributed by atoms with E-state index in [4.69, 9.17) is 0 Å². The van der Waals surface area contributed by atoms with Crippen LogP contribution in [0.15, 0.2) is 37.8 Å². The number of rotatable bonds is 9. The molecule has 0 aliphatic rings. The topological polar surface area (TPSA) is 54.9 Å². The molecule has 0 aliphatic carbocycles. The van der Waals surface area contributed by atoms with Crippen LogP contribution in [-0.2, 0) is 4.79 Å². The van der Waals surface area contributed by atoms with E-state index in [0.29, 0.717) is 12.3 Å². The van der Waals surface area contributed by atoms with E-state index >= 15 is 0 Å². The van der Waals surface area contributed by atoms with Crippen LogP contribution >= 0.6 is 46.6 Å². The molecule has 1 aromatic carbocycles. The van der Waals surface area contributed by atoms with Crippen LogP contribution in [0.25, 0.3) is 0 Å². The second-order valence-corrected chi connectivity index (χ2v) is 9.45. The number of amides is 1. The van der Waals surface area contributed by atoms with Crippen LogP contribution in [0.1, 0.15) is 12.5 Å². The lowest BCUT2D eigenvalue weighted by atomic mass is 10.2. The summed E-state index contributed by atoms with van der Waals surface area (Å²) in [6, 6.07) is 8.42. The van der Waals surface area contributed by atoms with Crippen molar-refractivity contribution in [2.24, 2.45) is 0 Å². The molecule has 1 amide bonds. The standard InChI is InChI=1S/C15H19N3OS4/c1-3-20-14-17-18-15(23-14)22-10-13(19)16-8-9-21-12-6-4-11(2)5-7-12/h4-7H,3,8-10H2,1-2H3,(H,16,19). The summed E-state index contributed by atoms with van der Waals surface area (Å²) in [6.45, 7) is 4.83. The fourth-order valence-corrected chi connectivity index (χ4v) is 5.12. The Morgan fingerprint density at radius 3 is 2.52 bits per heavy atom. The van der Waals surface area contributed by atoms with Gasteiger partial charge in [0.1, 0.15) is 0 Å². The van der Waals surface area contributed by atoms with Gasteiger partial charge in [-0.05, 0) is 24.8 Å². The lowest BCUT2D eigenvalue weighted by Crippen LogP contribution is -2.27. The predicted octanol–water partition coefficient (Wildman–Crippen LogP) is 3.96. The first-order valence-corrected chi connectivity index (χ1v) is 11.0. The smallest absolute Gasteiger partial charge is 0.230 e. The maximum absolute atomic E-state index is 11.8. The zero-order chi connectivity index (χ0) is 16.5. The maximum Gasteiger partial charge on any atom is 0.230 e. The Balaban J connectivity index is 1.60. The zero-order valence-electron chi connectivity index (χ0n) is 13.1. The van der Waals surface area contributed by atoms with E-state index in [1.807, 2.05) is 0 Å². The van der Waals surface area contributed by atoms with E-state index < -0.39 is 0 Å². The quantitative estimate of drug-likeness (QED) is 0.521. The van der Waals surface area contributed by atoms with Crippen molar-refractivity contribution in [1.29, 1.82) is 0 Å². The van der Waals surface area contributed by atoms with Crippen LogP contribution in [0.5, 0.6) is 0 Å². The number of hydrogen-bond acceptors (Lipinski definition) is 7. The molecule has 0 saturated heterocycles. The van der Waals surface area contributed by atoms with E-state index in [0.717, 1.165) is 20.2 Å². The van der Waals surface area contributed by atoms with Crippen LogP contribution < -0.4 is 5.32 Å². The highest BCUT2D eigenvalue weighted by atomic mass is 32.2. The number of carbonyl (C=O) groups excluding carboxylic acids is 1. The Hall–Kier alpha value is -0.700. The Bertz CT molecular complexity index is 615. The number of aromatic nitrogens is 2. The van der Waals surface area contributed by atoms with Crippen molar-refractivity contribution in [3.63, 3.8) is 0 Å². The van der Waals surface area contributed by atoms with Crippen LogP contribution in [0, 0.1) is 6.92 Å². The number of nitrogens with one attached hydrogen (secondary N) is 1. The molecule has 1 aromatic heterocycles. The van der Waals surface area contributed by atoms with Gasteiger partial charge in [-0.15, -0.1) is 22.0 Å². The molecule has 8 heteroatoms. The molecule has 124 valence electrons. The molecule has 0 atom stereocenters. The third-order valence-corrected chi connectivity index (χ3v) is 6.78. The van der Waals surface area contributed by atoms with Gasteiger partial charge in [-0.1, -0.05) is 59.5 Å². The van der Waals surface area contributed by atoms with Crippen molar-refractivity contribution >= 4 is 52.5 Å². The molecule has 2 aromatic rings. The summed E-state index contributed by atoms with van der Waals surface area (Å²) >= 11 is 6.41. The number of nitrogens with zero attached hydrogens (tertiary/aromatic N) is 2. The Morgan fingerprint density at radius 1 is 1.13 bits per heavy atom. The molecule has 2 rings (SSSR count). The predicted molar refractivity (Wildman–Crippen MR) is 102 cm³/mol. The monoisotopic (exact) mass is 385 g/mol. The summed E-state index contributed by atoms with van der Waals surface area (Å²) in [6.07, 6.45) is 0. The highest BCUT2D eigenvalue weighted by molar-refractivity contribution is 8.03. The van der Waals surface area contributed by atoms with E-state index in [1.54, 1.807) is 34.9 Å². The largest absolute Gasteiger partial charge is 0.355 e. The third-order valence-electron chi connectivity index (χ3n) is 2.70. The fourth-order valence-electron chi connectivity index (χ4n) is 1.61. The van der Waals surface area contributed by atoms with Crippen molar-refractivity contribution in [2.45, 2.75) is 27.4 Å². The molecule has 0 fully saturated rings. The van der Waals surface area contributed by atoms with Gasteiger partial charge < -0.3 is 5.32 Å². The molecular weight excluding hydrogens is 366 g/mol. The van der Waals surface area contributed by atoms with Gasteiger partial charge in [0.05, 0.1) is 5.75 Å². The SMILES string of the molecule is CCSc1nnc(SCC(=O)NCCSc2ccc(C)cc2)s1. The van der Waals surface area contributed by atoms with Gasteiger partial charge in [0, 0.05) is 17.2 Å². The minimum atomic E-state index is 0.0411. The number of thioether (sulfide) groups is 3.